The second-order valence-electron chi connectivity index (χ2n) is 21.2. The van der Waals surface area contributed by atoms with Crippen LogP contribution in [0.1, 0.15) is 80.2 Å². The molecule has 414 valence electrons. The number of β-amino-alcohol motifs (C(OH)–C–C–N with tert-alkyl or cyclic N) is 1. The molecule has 0 spiro atoms. The standard InChI is InChI=1S/C55H64F3N11O7S2/c1-32(34-7-9-36(10-8-34)49-33(2)62-31-77-49)63-52(72)45-26-40(70)30-69(45)53(73)50(55(3,4)5)64-54(74)59-18-6-19-66-21-23-67(24-22-66)39-13-11-35(12-14-39)37-25-41-42(28-61-51(41)60-27-37)48(71)46-43(57)15-16-44(47(46)58)65-78(75,76)68-20-17-38(56)29-68/h7-16,25,27-28,31-32,38,40,45,50,65,70H,6,17-24,26,29-30H2,1-5H3,(H,60,61)(H,63,72)(H2,59,64,74)/t32?,38-,40-,45+,50?/m1/s1. The van der Waals surface area contributed by atoms with Gasteiger partial charge in [0, 0.05) is 93.4 Å². The van der Waals surface area contributed by atoms with Gasteiger partial charge in [-0.25, -0.2) is 27.9 Å². The molecule has 0 radical (unpaired) electrons. The lowest BCUT2D eigenvalue weighted by atomic mass is 9.85. The molecule has 3 aliphatic heterocycles. The molecule has 0 saturated carbocycles. The van der Waals surface area contributed by atoms with Gasteiger partial charge in [-0.3, -0.25) is 24.0 Å². The van der Waals surface area contributed by atoms with Gasteiger partial charge in [0.05, 0.1) is 39.5 Å². The van der Waals surface area contributed by atoms with Crippen LogP contribution >= 0.6 is 11.3 Å². The van der Waals surface area contributed by atoms with Gasteiger partial charge in [-0.1, -0.05) is 57.2 Å². The highest BCUT2D eigenvalue weighted by atomic mass is 32.2. The summed E-state index contributed by atoms with van der Waals surface area (Å²) in [5, 5.41) is 19.8. The molecule has 6 N–H and O–H groups in total. The Balaban J connectivity index is 0.739. The zero-order valence-corrected chi connectivity index (χ0v) is 45.6. The van der Waals surface area contributed by atoms with E-state index in [2.05, 4.69) is 40.7 Å². The number of fused-ring (bicyclic) bond motifs is 1. The molecule has 3 aliphatic rings. The number of likely N-dealkylation sites (tertiary alicyclic amines) is 1. The first kappa shape index (κ1) is 55.8. The minimum atomic E-state index is -4.38. The molecular formula is C55H64F3N11O7S2. The van der Waals surface area contributed by atoms with E-state index in [4.69, 9.17) is 0 Å². The molecule has 18 nitrogen and oxygen atoms in total. The quantitative estimate of drug-likeness (QED) is 0.0406. The van der Waals surface area contributed by atoms with Crippen molar-refractivity contribution in [3.63, 3.8) is 0 Å². The van der Waals surface area contributed by atoms with Crippen LogP contribution in [0.4, 0.5) is 29.3 Å². The maximum absolute atomic E-state index is 15.8. The Labute approximate surface area is 455 Å². The number of carbonyl (C=O) groups is 4. The maximum atomic E-state index is 15.8. The number of piperazine rings is 1. The lowest BCUT2D eigenvalue weighted by molar-refractivity contribution is -0.142. The van der Waals surface area contributed by atoms with Crippen molar-refractivity contribution in [1.29, 1.82) is 0 Å². The molecule has 4 amide bonds. The molecule has 5 atom stereocenters. The summed E-state index contributed by atoms with van der Waals surface area (Å²) in [5.74, 6) is -4.44. The van der Waals surface area contributed by atoms with Gasteiger partial charge in [-0.2, -0.15) is 12.7 Å². The molecule has 78 heavy (non-hydrogen) atoms. The fourth-order valence-electron chi connectivity index (χ4n) is 10.2. The third-order valence-electron chi connectivity index (χ3n) is 14.7. The van der Waals surface area contributed by atoms with Crippen molar-refractivity contribution in [3.05, 3.63) is 119 Å². The summed E-state index contributed by atoms with van der Waals surface area (Å²) < 4.78 is 73.3. The van der Waals surface area contributed by atoms with Crippen molar-refractivity contribution >= 4 is 67.6 Å². The number of nitrogens with one attached hydrogen (secondary N) is 5. The molecule has 6 heterocycles. The molecule has 2 unspecified atom stereocenters. The molecule has 0 aliphatic carbocycles. The predicted molar refractivity (Wildman–Crippen MR) is 293 cm³/mol. The molecular weight excluding hydrogens is 1050 g/mol. The Morgan fingerprint density at radius 2 is 1.63 bits per heavy atom. The van der Waals surface area contributed by atoms with Crippen LogP contribution in [0.3, 0.4) is 0 Å². The number of benzene rings is 3. The van der Waals surface area contributed by atoms with Crippen LogP contribution in [0, 0.1) is 24.0 Å². The molecule has 3 aromatic carbocycles. The number of hydrogen-bond acceptors (Lipinski definition) is 12. The number of rotatable bonds is 17. The van der Waals surface area contributed by atoms with Crippen molar-refractivity contribution in [3.8, 4) is 21.6 Å². The lowest BCUT2D eigenvalue weighted by Crippen LogP contribution is -2.59. The number of aryl methyl sites for hydroxylation is 1. The highest BCUT2D eigenvalue weighted by Gasteiger charge is 2.45. The van der Waals surface area contributed by atoms with E-state index in [0.29, 0.717) is 29.6 Å². The van der Waals surface area contributed by atoms with E-state index in [0.717, 1.165) is 82.1 Å². The van der Waals surface area contributed by atoms with Gasteiger partial charge in [-0.15, -0.1) is 11.3 Å². The molecule has 3 fully saturated rings. The first-order valence-electron chi connectivity index (χ1n) is 26.0. The summed E-state index contributed by atoms with van der Waals surface area (Å²) in [5.41, 5.74) is 5.00. The van der Waals surface area contributed by atoms with Gasteiger partial charge in [-0.05, 0) is 85.7 Å². The number of hydrogen-bond donors (Lipinski definition) is 6. The van der Waals surface area contributed by atoms with Crippen LogP contribution < -0.4 is 25.6 Å². The number of aromatic nitrogens is 3. The molecule has 3 saturated heterocycles. The summed E-state index contributed by atoms with van der Waals surface area (Å²) in [6.45, 7) is 13.0. The number of ketones is 1. The second kappa shape index (κ2) is 23.2. The molecule has 9 rings (SSSR count). The number of halogens is 3. The van der Waals surface area contributed by atoms with E-state index in [9.17, 15) is 37.1 Å². The predicted octanol–water partition coefficient (Wildman–Crippen LogP) is 6.94. The zero-order chi connectivity index (χ0) is 55.6. The SMILES string of the molecule is Cc1ncsc1-c1ccc(C(C)NC(=O)[C@@H]2C[C@@H](O)CN2C(=O)C(NC(=O)NCCCN2CCN(c3ccc(-c4cnc5[nH]cc(C(=O)c6c(F)ccc(NS(=O)(=O)N7CC[C@@H](F)C7)c6F)c5c4)cc3)CC2)C(C)(C)C)cc1. The van der Waals surface area contributed by atoms with E-state index in [1.54, 1.807) is 29.1 Å². The fraction of sp³-hybridized carbons (Fsp3) is 0.418. The third-order valence-corrected chi connectivity index (χ3v) is 17.1. The van der Waals surface area contributed by atoms with Gasteiger partial charge >= 0.3 is 16.2 Å². The van der Waals surface area contributed by atoms with Gasteiger partial charge < -0.3 is 35.8 Å². The van der Waals surface area contributed by atoms with Gasteiger partial charge in [0.2, 0.25) is 17.6 Å². The fourth-order valence-corrected chi connectivity index (χ4v) is 12.3. The van der Waals surface area contributed by atoms with Gasteiger partial charge in [0.25, 0.3) is 0 Å². The van der Waals surface area contributed by atoms with Crippen molar-refractivity contribution in [2.45, 2.75) is 84.3 Å². The number of pyridine rings is 1. The molecule has 3 aromatic heterocycles. The Hall–Kier alpha value is -6.92. The minimum absolute atomic E-state index is 0.0102. The monoisotopic (exact) mass is 1110 g/mol. The van der Waals surface area contributed by atoms with E-state index >= 15 is 8.78 Å². The number of carbonyl (C=O) groups excluding carboxylic acids is 4. The first-order valence-corrected chi connectivity index (χ1v) is 28.3. The summed E-state index contributed by atoms with van der Waals surface area (Å²) in [6.07, 6.45) is 1.38. The van der Waals surface area contributed by atoms with Crippen molar-refractivity contribution in [2.24, 2.45) is 5.41 Å². The van der Waals surface area contributed by atoms with Crippen LogP contribution in [-0.2, 0) is 19.8 Å². The average molecular weight is 1110 g/mol. The van der Waals surface area contributed by atoms with Crippen molar-refractivity contribution in [1.82, 2.24) is 45.0 Å². The number of aliphatic hydroxyl groups excluding tert-OH is 1. The normalized spacial score (nSPS) is 19.2. The van der Waals surface area contributed by atoms with Crippen LogP contribution in [0.15, 0.2) is 84.6 Å². The van der Waals surface area contributed by atoms with Gasteiger partial charge in [0.15, 0.2) is 5.82 Å². The smallest absolute Gasteiger partial charge is 0.315 e. The number of H-pyrrole nitrogens is 1. The minimum Gasteiger partial charge on any atom is -0.391 e. The highest BCUT2D eigenvalue weighted by molar-refractivity contribution is 7.90. The van der Waals surface area contributed by atoms with Crippen LogP contribution in [0.2, 0.25) is 0 Å². The third kappa shape index (κ3) is 12.3. The lowest BCUT2D eigenvalue weighted by Gasteiger charge is -2.36. The summed E-state index contributed by atoms with van der Waals surface area (Å²) >= 11 is 1.56. The number of nitrogens with zero attached hydrogens (tertiary/aromatic N) is 6. The molecule has 6 aromatic rings. The topological polar surface area (TPSA) is 225 Å². The summed E-state index contributed by atoms with van der Waals surface area (Å²) in [6, 6.07) is 16.3. The first-order chi connectivity index (χ1) is 37.1. The summed E-state index contributed by atoms with van der Waals surface area (Å²) in [7, 11) is -4.38. The Morgan fingerprint density at radius 3 is 2.29 bits per heavy atom. The molecule has 23 heteroatoms. The Bertz CT molecular complexity index is 3290. The Morgan fingerprint density at radius 1 is 0.910 bits per heavy atom. The van der Waals surface area contributed by atoms with Crippen LogP contribution in [-0.4, -0.2) is 149 Å². The van der Waals surface area contributed by atoms with E-state index in [1.807, 2.05) is 87.9 Å². The highest BCUT2D eigenvalue weighted by Crippen LogP contribution is 2.33. The van der Waals surface area contributed by atoms with E-state index < -0.39 is 87.1 Å². The van der Waals surface area contributed by atoms with E-state index in [1.165, 1.54) is 11.1 Å². The van der Waals surface area contributed by atoms with Gasteiger partial charge in [0.1, 0.15) is 29.7 Å². The number of aromatic amines is 1. The summed E-state index contributed by atoms with van der Waals surface area (Å²) in [4.78, 5) is 73.7. The van der Waals surface area contributed by atoms with Crippen LogP contribution in [0.25, 0.3) is 32.6 Å². The van der Waals surface area contributed by atoms with E-state index in [-0.39, 0.29) is 43.4 Å². The number of thiazole rings is 1. The zero-order valence-electron chi connectivity index (χ0n) is 44.0. The maximum Gasteiger partial charge on any atom is 0.315 e. The second-order valence-corrected chi connectivity index (χ2v) is 23.8. The van der Waals surface area contributed by atoms with Crippen LogP contribution in [0.5, 0.6) is 0 Å². The number of amides is 4. The average Bonchev–Trinajstić information content (AvgIpc) is 4.31. The largest absolute Gasteiger partial charge is 0.391 e. The Kier molecular flexibility index (Phi) is 16.6. The number of aliphatic hydroxyl groups is 1. The molecule has 0 bridgehead atoms. The number of alkyl halides is 1. The number of anilines is 2. The van der Waals surface area contributed by atoms with Crippen molar-refractivity contribution in [2.75, 3.05) is 68.5 Å². The van der Waals surface area contributed by atoms with Crippen molar-refractivity contribution < 1.29 is 45.9 Å². The number of urea groups is 1.